The van der Waals surface area contributed by atoms with E-state index in [1.807, 2.05) is 0 Å². The molecule has 0 aromatic heterocycles. The van der Waals surface area contributed by atoms with Crippen molar-refractivity contribution in [3.8, 4) is 0 Å². The van der Waals surface area contributed by atoms with Gasteiger partial charge in [-0.05, 0) is 75.5 Å². The summed E-state index contributed by atoms with van der Waals surface area (Å²) in [6.45, 7) is 7.26. The molecule has 19 nitrogen and oxygen atoms in total. The van der Waals surface area contributed by atoms with Gasteiger partial charge in [-0.15, -0.1) is 0 Å². The first-order valence-electron chi connectivity index (χ1n) is 23.1. The highest BCUT2D eigenvalue weighted by Crippen LogP contribution is 2.81. The Hall–Kier alpha value is -1.66. The molecule has 5 heterocycles. The summed E-state index contributed by atoms with van der Waals surface area (Å²) in [5, 5.41) is 72.7. The predicted molar refractivity (Wildman–Crippen MR) is 211 cm³/mol. The summed E-state index contributed by atoms with van der Waals surface area (Å²) in [6, 6.07) is 0. The lowest BCUT2D eigenvalue weighted by molar-refractivity contribution is -0.356. The number of rotatable bonds is 11. The number of ether oxygens (including phenoxy) is 10. The van der Waals surface area contributed by atoms with Crippen LogP contribution in [-0.2, 0) is 57.0 Å². The molecular formula is C44H68O19. The molecule has 24 unspecified atom stereocenters. The summed E-state index contributed by atoms with van der Waals surface area (Å²) in [5.41, 5.74) is -0.636. The standard InChI is InChI=1S/C44H68O19/c1-19-37(62-40-36(53)34(51)32(49)27(61-40)18-56-39-35(52)33(50)31(48)26(16-45)60-39)25(54-5)15-30(57-19)59-24-8-10-41(3)23(38(24)58-20(2)46)6-12-43-28(41)9-11-42(4)22(7-13-44(42,43)63-43)21-14-29(47)55-17-21/h19,21-28,30-40,45,48-53H,6-18H2,1-5H3. The average Bonchev–Trinajstić information content (AvgIpc) is 3.56. The lowest BCUT2D eigenvalue weighted by Gasteiger charge is -2.60. The smallest absolute Gasteiger partial charge is 0.306 e. The largest absolute Gasteiger partial charge is 0.465 e. The van der Waals surface area contributed by atoms with Crippen molar-refractivity contribution in [1.82, 2.24) is 0 Å². The zero-order valence-electron chi connectivity index (χ0n) is 36.8. The van der Waals surface area contributed by atoms with Gasteiger partial charge in [0.1, 0.15) is 72.2 Å². The number of cyclic esters (lactones) is 1. The normalized spacial score (nSPS) is 55.2. The Labute approximate surface area is 366 Å². The Morgan fingerprint density at radius 2 is 1.48 bits per heavy atom. The van der Waals surface area contributed by atoms with Crippen molar-refractivity contribution in [2.24, 2.45) is 34.5 Å². The number of fused-ring (bicyclic) bond motifs is 2. The maximum Gasteiger partial charge on any atom is 0.306 e. The van der Waals surface area contributed by atoms with Gasteiger partial charge in [0.05, 0.1) is 44.6 Å². The molecule has 4 aliphatic carbocycles. The number of carbonyl (C=O) groups excluding carboxylic acids is 2. The number of hydrogen-bond donors (Lipinski definition) is 7. The van der Waals surface area contributed by atoms with Gasteiger partial charge in [-0.2, -0.15) is 0 Å². The van der Waals surface area contributed by atoms with Gasteiger partial charge in [-0.25, -0.2) is 0 Å². The van der Waals surface area contributed by atoms with Crippen molar-refractivity contribution in [1.29, 1.82) is 0 Å². The first-order chi connectivity index (χ1) is 29.9. The number of carbonyl (C=O) groups is 2. The van der Waals surface area contributed by atoms with Crippen LogP contribution in [0.25, 0.3) is 0 Å². The number of aliphatic hydroxyl groups is 7. The molecular weight excluding hydrogens is 832 g/mol. The van der Waals surface area contributed by atoms with E-state index in [2.05, 4.69) is 13.8 Å². The summed E-state index contributed by atoms with van der Waals surface area (Å²) in [5.74, 6) is 0.458. The first kappa shape index (κ1) is 46.5. The van der Waals surface area contributed by atoms with Crippen molar-refractivity contribution in [3.63, 3.8) is 0 Å². The van der Waals surface area contributed by atoms with E-state index in [1.54, 1.807) is 6.92 Å². The number of aliphatic hydroxyl groups excluding tert-OH is 7. The van der Waals surface area contributed by atoms with Crippen molar-refractivity contribution in [2.45, 2.75) is 201 Å². The minimum absolute atomic E-state index is 0.0227. The van der Waals surface area contributed by atoms with Crippen LogP contribution in [0.4, 0.5) is 0 Å². The summed E-state index contributed by atoms with van der Waals surface area (Å²) in [4.78, 5) is 24.9. The zero-order valence-corrected chi connectivity index (χ0v) is 36.8. The molecule has 0 bridgehead atoms. The second-order valence-corrected chi connectivity index (χ2v) is 20.5. The summed E-state index contributed by atoms with van der Waals surface area (Å²) in [6.07, 6.45) is -11.7. The van der Waals surface area contributed by atoms with Gasteiger partial charge >= 0.3 is 11.9 Å². The van der Waals surface area contributed by atoms with Crippen LogP contribution in [0.5, 0.6) is 0 Å². The number of esters is 2. The predicted octanol–water partition coefficient (Wildman–Crippen LogP) is -0.430. The molecule has 0 radical (unpaired) electrons. The van der Waals surface area contributed by atoms with Gasteiger partial charge < -0.3 is 83.1 Å². The highest BCUT2D eigenvalue weighted by molar-refractivity contribution is 5.71. The van der Waals surface area contributed by atoms with Crippen LogP contribution in [0.15, 0.2) is 0 Å². The Kier molecular flexibility index (Phi) is 12.6. The van der Waals surface area contributed by atoms with Gasteiger partial charge in [-0.1, -0.05) is 13.8 Å². The molecule has 24 atom stereocenters. The van der Waals surface area contributed by atoms with Gasteiger partial charge in [0, 0.05) is 37.7 Å². The number of hydrogen-bond acceptors (Lipinski definition) is 19. The van der Waals surface area contributed by atoms with Crippen molar-refractivity contribution < 1.29 is 92.7 Å². The number of methoxy groups -OCH3 is 1. The summed E-state index contributed by atoms with van der Waals surface area (Å²) < 4.78 is 60.9. The average molecular weight is 901 g/mol. The molecule has 9 aliphatic rings. The molecule has 5 aliphatic heterocycles. The fraction of sp³-hybridized carbons (Fsp3) is 0.955. The molecule has 0 aromatic carbocycles. The molecule has 19 heteroatoms. The second kappa shape index (κ2) is 17.1. The highest BCUT2D eigenvalue weighted by atomic mass is 16.8. The molecule has 2 spiro atoms. The van der Waals surface area contributed by atoms with E-state index < -0.39 is 111 Å². The fourth-order valence-electron chi connectivity index (χ4n) is 14.3. The van der Waals surface area contributed by atoms with E-state index in [9.17, 15) is 45.3 Å². The van der Waals surface area contributed by atoms with Crippen LogP contribution in [0.2, 0.25) is 0 Å². The Bertz CT molecular complexity index is 1690. The zero-order chi connectivity index (χ0) is 45.0. The van der Waals surface area contributed by atoms with Crippen LogP contribution in [0.1, 0.15) is 91.9 Å². The minimum atomic E-state index is -1.74. The van der Waals surface area contributed by atoms with Crippen LogP contribution >= 0.6 is 0 Å². The van der Waals surface area contributed by atoms with E-state index in [0.29, 0.717) is 25.4 Å². The fourth-order valence-corrected chi connectivity index (χ4v) is 14.3. The van der Waals surface area contributed by atoms with Gasteiger partial charge in [0.25, 0.3) is 0 Å². The molecule has 9 fully saturated rings. The van der Waals surface area contributed by atoms with Gasteiger partial charge in [-0.3, -0.25) is 9.59 Å². The van der Waals surface area contributed by atoms with E-state index in [1.165, 1.54) is 14.0 Å². The van der Waals surface area contributed by atoms with Gasteiger partial charge in [0.2, 0.25) is 0 Å². The maximum absolute atomic E-state index is 12.8. The topological polar surface area (TPSA) is 271 Å². The third kappa shape index (κ3) is 7.42. The van der Waals surface area contributed by atoms with E-state index in [-0.39, 0.29) is 58.1 Å². The van der Waals surface area contributed by atoms with Crippen molar-refractivity contribution >= 4 is 11.9 Å². The van der Waals surface area contributed by atoms with E-state index >= 15 is 0 Å². The SMILES string of the molecule is COC1CC(OC2CCC3(C)C(CCC45OC46CCC(C4COC(=O)C4)C6(C)CCC35)C2OC(C)=O)OC(C)C1OC1OC(COC2OC(CO)C(O)C(O)C2O)C(O)C(O)C1O. The lowest BCUT2D eigenvalue weighted by Crippen LogP contribution is -2.63. The van der Waals surface area contributed by atoms with E-state index in [4.69, 9.17) is 47.4 Å². The van der Waals surface area contributed by atoms with Crippen molar-refractivity contribution in [3.05, 3.63) is 0 Å². The third-order valence-electron chi connectivity index (χ3n) is 17.5. The molecule has 4 saturated carbocycles. The van der Waals surface area contributed by atoms with Crippen LogP contribution in [-0.4, -0.2) is 184 Å². The number of epoxide rings is 1. The Morgan fingerprint density at radius 3 is 2.16 bits per heavy atom. The second-order valence-electron chi connectivity index (χ2n) is 20.5. The minimum Gasteiger partial charge on any atom is -0.465 e. The van der Waals surface area contributed by atoms with Crippen LogP contribution in [0, 0.1) is 34.5 Å². The highest BCUT2D eigenvalue weighted by Gasteiger charge is 2.86. The van der Waals surface area contributed by atoms with Gasteiger partial charge in [0.15, 0.2) is 18.9 Å². The molecule has 63 heavy (non-hydrogen) atoms. The summed E-state index contributed by atoms with van der Waals surface area (Å²) >= 11 is 0. The van der Waals surface area contributed by atoms with Crippen LogP contribution < -0.4 is 0 Å². The molecule has 0 aromatic rings. The monoisotopic (exact) mass is 900 g/mol. The molecule has 7 N–H and O–H groups in total. The quantitative estimate of drug-likeness (QED) is 0.0788. The lowest BCUT2D eigenvalue weighted by atomic mass is 9.44. The molecule has 5 saturated heterocycles. The molecule has 358 valence electrons. The van der Waals surface area contributed by atoms with Crippen LogP contribution in [0.3, 0.4) is 0 Å². The Balaban J connectivity index is 0.842. The first-order valence-corrected chi connectivity index (χ1v) is 23.1. The molecule has 0 amide bonds. The van der Waals surface area contributed by atoms with Crippen molar-refractivity contribution in [2.75, 3.05) is 26.9 Å². The van der Waals surface area contributed by atoms with E-state index in [0.717, 1.165) is 44.9 Å². The maximum atomic E-state index is 12.8. The molecule has 9 rings (SSSR count). The Morgan fingerprint density at radius 1 is 0.778 bits per heavy atom. The summed E-state index contributed by atoms with van der Waals surface area (Å²) in [7, 11) is 1.51. The third-order valence-corrected chi connectivity index (χ3v) is 17.5.